The van der Waals surface area contributed by atoms with Gasteiger partial charge in [-0.15, -0.1) is 24.0 Å². The van der Waals surface area contributed by atoms with Crippen LogP contribution in [0.25, 0.3) is 5.82 Å². The summed E-state index contributed by atoms with van der Waals surface area (Å²) in [6.07, 6.45) is 5.43. The largest absolute Gasteiger partial charge is 0.370 e. The van der Waals surface area contributed by atoms with Gasteiger partial charge in [0.2, 0.25) is 0 Å². The third-order valence-electron chi connectivity index (χ3n) is 2.88. The zero-order valence-electron chi connectivity index (χ0n) is 12.8. The van der Waals surface area contributed by atoms with Crippen molar-refractivity contribution in [1.82, 2.24) is 19.9 Å². The number of pyridine rings is 1. The first-order valence-corrected chi connectivity index (χ1v) is 6.69. The minimum absolute atomic E-state index is 0. The molecule has 3 N–H and O–H groups in total. The zero-order valence-corrected chi connectivity index (χ0v) is 15.1. The lowest BCUT2D eigenvalue weighted by atomic mass is 10.3. The molecule has 0 atom stereocenters. The number of nitrogens with one attached hydrogen (secondary N) is 1. The van der Waals surface area contributed by atoms with E-state index in [-0.39, 0.29) is 24.0 Å². The third kappa shape index (κ3) is 5.14. The smallest absolute Gasteiger partial charge is 0.189 e. The fourth-order valence-electron chi connectivity index (χ4n) is 1.75. The molecule has 2 aromatic heterocycles. The normalized spacial score (nSPS) is 10.9. The van der Waals surface area contributed by atoms with Gasteiger partial charge in [-0.2, -0.15) is 0 Å². The van der Waals surface area contributed by atoms with E-state index in [9.17, 15) is 0 Å². The number of hydrogen-bond donors (Lipinski definition) is 2. The maximum Gasteiger partial charge on any atom is 0.189 e. The van der Waals surface area contributed by atoms with E-state index in [0.717, 1.165) is 22.8 Å². The molecule has 2 heterocycles. The molecule has 0 fully saturated rings. The maximum absolute atomic E-state index is 5.76. The standard InChI is InChI=1S/C15H20N6.HI/c1-11(2)8-19-15(16)20-10-13-4-5-14(18-9-13)21-7-6-17-12(21)3;/h4-7,9H,1,8,10H2,2-3H3,(H3,16,19,20);1H. The Morgan fingerprint density at radius 3 is 2.73 bits per heavy atom. The number of imidazole rings is 1. The van der Waals surface area contributed by atoms with Gasteiger partial charge in [0, 0.05) is 25.1 Å². The van der Waals surface area contributed by atoms with Gasteiger partial charge >= 0.3 is 0 Å². The fourth-order valence-corrected chi connectivity index (χ4v) is 1.75. The first-order valence-electron chi connectivity index (χ1n) is 6.69. The van der Waals surface area contributed by atoms with Gasteiger partial charge in [-0.3, -0.25) is 4.57 Å². The lowest BCUT2D eigenvalue weighted by Crippen LogP contribution is -2.32. The van der Waals surface area contributed by atoms with Crippen LogP contribution in [0.5, 0.6) is 0 Å². The van der Waals surface area contributed by atoms with Crippen LogP contribution in [0.2, 0.25) is 0 Å². The van der Waals surface area contributed by atoms with Gasteiger partial charge in [0.25, 0.3) is 0 Å². The molecule has 2 rings (SSSR count). The Morgan fingerprint density at radius 2 is 2.18 bits per heavy atom. The Bertz CT molecular complexity index is 644. The summed E-state index contributed by atoms with van der Waals surface area (Å²) in [5, 5.41) is 2.99. The summed E-state index contributed by atoms with van der Waals surface area (Å²) in [5.74, 6) is 2.15. The molecule has 118 valence electrons. The van der Waals surface area contributed by atoms with Gasteiger partial charge in [0.15, 0.2) is 5.96 Å². The van der Waals surface area contributed by atoms with Gasteiger partial charge < -0.3 is 11.1 Å². The lowest BCUT2D eigenvalue weighted by Gasteiger charge is -2.06. The molecule has 0 unspecified atom stereocenters. The summed E-state index contributed by atoms with van der Waals surface area (Å²) in [6.45, 7) is 8.79. The van der Waals surface area contributed by atoms with Crippen molar-refractivity contribution in [3.05, 3.63) is 54.3 Å². The highest BCUT2D eigenvalue weighted by atomic mass is 127. The zero-order chi connectivity index (χ0) is 15.2. The number of aliphatic imine (C=N–C) groups is 1. The second kappa shape index (κ2) is 8.52. The van der Waals surface area contributed by atoms with Crippen molar-refractivity contribution in [3.8, 4) is 5.82 Å². The summed E-state index contributed by atoms with van der Waals surface area (Å²) < 4.78 is 1.93. The molecular formula is C15H21IN6. The maximum atomic E-state index is 5.76. The van der Waals surface area contributed by atoms with Crippen molar-refractivity contribution in [2.75, 3.05) is 6.54 Å². The Labute approximate surface area is 147 Å². The molecule has 22 heavy (non-hydrogen) atoms. The van der Waals surface area contributed by atoms with Gasteiger partial charge in [-0.25, -0.2) is 15.0 Å². The number of hydrogen-bond acceptors (Lipinski definition) is 3. The van der Waals surface area contributed by atoms with Crippen LogP contribution in [0.4, 0.5) is 0 Å². The highest BCUT2D eigenvalue weighted by Crippen LogP contribution is 2.08. The summed E-state index contributed by atoms with van der Waals surface area (Å²) in [5.41, 5.74) is 7.77. The number of guanidine groups is 1. The Balaban J connectivity index is 0.00000242. The number of nitrogens with two attached hydrogens (primary N) is 1. The van der Waals surface area contributed by atoms with Crippen molar-refractivity contribution >= 4 is 29.9 Å². The second-order valence-corrected chi connectivity index (χ2v) is 4.88. The number of halogens is 1. The van der Waals surface area contributed by atoms with Gasteiger partial charge in [-0.1, -0.05) is 18.2 Å². The molecule has 0 aliphatic rings. The van der Waals surface area contributed by atoms with E-state index in [1.807, 2.05) is 36.7 Å². The first-order chi connectivity index (χ1) is 10.1. The van der Waals surface area contributed by atoms with Crippen LogP contribution in [0.15, 0.2) is 47.9 Å². The lowest BCUT2D eigenvalue weighted by molar-refractivity contribution is 0.913. The average molecular weight is 412 g/mol. The molecule has 0 bridgehead atoms. The van der Waals surface area contributed by atoms with E-state index in [0.29, 0.717) is 19.0 Å². The van der Waals surface area contributed by atoms with Crippen molar-refractivity contribution < 1.29 is 0 Å². The molecule has 2 aromatic rings. The number of nitrogens with zero attached hydrogens (tertiary/aromatic N) is 4. The van der Waals surface area contributed by atoms with Gasteiger partial charge in [-0.05, 0) is 25.5 Å². The summed E-state index contributed by atoms with van der Waals surface area (Å²) >= 11 is 0. The monoisotopic (exact) mass is 412 g/mol. The van der Waals surface area contributed by atoms with Crippen LogP contribution in [-0.4, -0.2) is 27.0 Å². The average Bonchev–Trinajstić information content (AvgIpc) is 2.89. The molecule has 0 aliphatic carbocycles. The van der Waals surface area contributed by atoms with E-state index in [4.69, 9.17) is 5.73 Å². The summed E-state index contributed by atoms with van der Waals surface area (Å²) in [4.78, 5) is 12.9. The first kappa shape index (κ1) is 18.1. The Morgan fingerprint density at radius 1 is 1.41 bits per heavy atom. The minimum atomic E-state index is 0. The highest BCUT2D eigenvalue weighted by molar-refractivity contribution is 14.0. The van der Waals surface area contributed by atoms with E-state index >= 15 is 0 Å². The second-order valence-electron chi connectivity index (χ2n) is 4.88. The van der Waals surface area contributed by atoms with E-state index in [2.05, 4.69) is 26.9 Å². The molecule has 0 aliphatic heterocycles. The van der Waals surface area contributed by atoms with Crippen LogP contribution in [0.3, 0.4) is 0 Å². The third-order valence-corrected chi connectivity index (χ3v) is 2.88. The SMILES string of the molecule is C=C(C)CNC(N)=NCc1ccc(-n2ccnc2C)nc1.I. The van der Waals surface area contributed by atoms with Crippen LogP contribution in [-0.2, 0) is 6.54 Å². The fraction of sp³-hybridized carbons (Fsp3) is 0.267. The number of rotatable bonds is 5. The number of aryl methyl sites for hydroxylation is 1. The highest BCUT2D eigenvalue weighted by Gasteiger charge is 2.01. The van der Waals surface area contributed by atoms with Crippen molar-refractivity contribution in [1.29, 1.82) is 0 Å². The summed E-state index contributed by atoms with van der Waals surface area (Å²) in [7, 11) is 0. The van der Waals surface area contributed by atoms with Crippen LogP contribution in [0, 0.1) is 6.92 Å². The van der Waals surface area contributed by atoms with Crippen molar-refractivity contribution in [2.24, 2.45) is 10.7 Å². The van der Waals surface area contributed by atoms with E-state index in [1.165, 1.54) is 0 Å². The molecule has 0 aromatic carbocycles. The van der Waals surface area contributed by atoms with Crippen LogP contribution >= 0.6 is 24.0 Å². The van der Waals surface area contributed by atoms with Crippen LogP contribution < -0.4 is 11.1 Å². The van der Waals surface area contributed by atoms with Gasteiger partial charge in [0.05, 0.1) is 6.54 Å². The molecule has 7 heteroatoms. The molecule has 0 radical (unpaired) electrons. The van der Waals surface area contributed by atoms with Gasteiger partial charge in [0.1, 0.15) is 11.6 Å². The van der Waals surface area contributed by atoms with E-state index in [1.54, 1.807) is 12.4 Å². The van der Waals surface area contributed by atoms with Crippen LogP contribution in [0.1, 0.15) is 18.3 Å². The molecule has 0 amide bonds. The van der Waals surface area contributed by atoms with Crippen molar-refractivity contribution in [2.45, 2.75) is 20.4 Å². The van der Waals surface area contributed by atoms with Crippen molar-refractivity contribution in [3.63, 3.8) is 0 Å². The minimum Gasteiger partial charge on any atom is -0.370 e. The predicted molar refractivity (Wildman–Crippen MR) is 99.7 cm³/mol. The molecule has 0 saturated heterocycles. The van der Waals surface area contributed by atoms with E-state index < -0.39 is 0 Å². The quantitative estimate of drug-likeness (QED) is 0.342. The number of aromatic nitrogens is 3. The Hall–Kier alpha value is -1.90. The topological polar surface area (TPSA) is 81.1 Å². The molecule has 0 spiro atoms. The molecule has 6 nitrogen and oxygen atoms in total. The molecule has 0 saturated carbocycles. The Kier molecular flexibility index (Phi) is 7.03. The summed E-state index contributed by atoms with van der Waals surface area (Å²) in [6, 6.07) is 3.92. The predicted octanol–water partition coefficient (Wildman–Crippen LogP) is 2.17. The molecular weight excluding hydrogens is 391 g/mol.